The van der Waals surface area contributed by atoms with E-state index >= 15 is 0 Å². The van der Waals surface area contributed by atoms with Gasteiger partial charge < -0.3 is 19.8 Å². The van der Waals surface area contributed by atoms with E-state index in [1.807, 2.05) is 42.6 Å². The van der Waals surface area contributed by atoms with E-state index in [1.54, 1.807) is 35.5 Å². The molecule has 2 N–H and O–H groups in total. The first-order valence-corrected chi connectivity index (χ1v) is 13.6. The zero-order valence-electron chi connectivity index (χ0n) is 21.8. The van der Waals surface area contributed by atoms with Crippen molar-refractivity contribution in [3.8, 4) is 11.5 Å². The van der Waals surface area contributed by atoms with Gasteiger partial charge in [-0.15, -0.1) is 0 Å². The number of pyridine rings is 1. The molecule has 200 valence electrons. The highest BCUT2D eigenvalue weighted by atomic mass is 16.6. The lowest BCUT2D eigenvalue weighted by Gasteiger charge is -2.34. The molecule has 1 aliphatic heterocycles. The van der Waals surface area contributed by atoms with E-state index in [-0.39, 0.29) is 24.3 Å². The highest BCUT2D eigenvalue weighted by Crippen LogP contribution is 2.37. The van der Waals surface area contributed by atoms with E-state index in [1.165, 1.54) is 6.42 Å². The molecule has 1 atom stereocenters. The van der Waals surface area contributed by atoms with E-state index in [9.17, 15) is 9.59 Å². The fourth-order valence-electron chi connectivity index (χ4n) is 5.63. The van der Waals surface area contributed by atoms with Gasteiger partial charge in [0.2, 0.25) is 11.8 Å². The quantitative estimate of drug-likeness (QED) is 0.351. The summed E-state index contributed by atoms with van der Waals surface area (Å²) in [5, 5.41) is 4.23. The molecule has 4 aromatic rings. The number of H-pyrrole nitrogens is 1. The van der Waals surface area contributed by atoms with Crippen molar-refractivity contribution in [3.63, 3.8) is 0 Å². The molecule has 2 aromatic carbocycles. The third-order valence-electron chi connectivity index (χ3n) is 7.55. The number of aromatic nitrogens is 2. The second-order valence-corrected chi connectivity index (χ2v) is 10.2. The molecule has 0 unspecified atom stereocenters. The van der Waals surface area contributed by atoms with Crippen molar-refractivity contribution in [1.29, 1.82) is 0 Å². The number of fused-ring (bicyclic) bond motifs is 2. The lowest BCUT2D eigenvalue weighted by molar-refractivity contribution is -0.127. The van der Waals surface area contributed by atoms with E-state index in [4.69, 9.17) is 9.47 Å². The van der Waals surface area contributed by atoms with Crippen LogP contribution in [0.25, 0.3) is 10.9 Å². The molecule has 8 heteroatoms. The zero-order chi connectivity index (χ0) is 26.6. The third kappa shape index (κ3) is 5.32. The molecule has 2 aromatic heterocycles. The minimum Gasteiger partial charge on any atom is -0.486 e. The Morgan fingerprint density at radius 3 is 2.64 bits per heavy atom. The van der Waals surface area contributed by atoms with Gasteiger partial charge in [-0.05, 0) is 42.7 Å². The Kier molecular flexibility index (Phi) is 7.17. The number of hydrogen-bond donors (Lipinski definition) is 2. The average Bonchev–Trinajstić information content (AvgIpc) is 3.39. The monoisotopic (exact) mass is 524 g/mol. The minimum atomic E-state index is -0.902. The summed E-state index contributed by atoms with van der Waals surface area (Å²) in [4.78, 5) is 37.4. The molecule has 39 heavy (non-hydrogen) atoms. The first kappa shape index (κ1) is 25.0. The fourth-order valence-corrected chi connectivity index (χ4v) is 5.63. The standard InChI is InChI=1S/C31H32N4O4/c36-29(17-22-20-33-26-11-5-4-10-25(22)26)35(24-12-13-27-28(18-24)39-16-15-38-27)30(21-7-6-14-32-19-21)31(37)34-23-8-2-1-3-9-23/h4-7,10-14,18-20,23,30,33H,1-3,8-9,15-17H2,(H,34,37)/t30-/m1/s1. The van der Waals surface area contributed by atoms with Crippen molar-refractivity contribution in [2.45, 2.75) is 50.6 Å². The van der Waals surface area contributed by atoms with Crippen LogP contribution >= 0.6 is 0 Å². The van der Waals surface area contributed by atoms with Gasteiger partial charge >= 0.3 is 0 Å². The summed E-state index contributed by atoms with van der Waals surface area (Å²) in [7, 11) is 0. The van der Waals surface area contributed by atoms with Gasteiger partial charge in [0.1, 0.15) is 19.3 Å². The number of carbonyl (C=O) groups is 2. The molecule has 0 radical (unpaired) electrons. The van der Waals surface area contributed by atoms with Crippen molar-refractivity contribution in [3.05, 3.63) is 84.3 Å². The topological polar surface area (TPSA) is 96.6 Å². The minimum absolute atomic E-state index is 0.0938. The first-order valence-electron chi connectivity index (χ1n) is 13.6. The van der Waals surface area contributed by atoms with Crippen LogP contribution in [-0.4, -0.2) is 41.0 Å². The van der Waals surface area contributed by atoms with Crippen LogP contribution in [0.15, 0.2) is 73.2 Å². The van der Waals surface area contributed by atoms with Crippen LogP contribution < -0.4 is 19.7 Å². The van der Waals surface area contributed by atoms with E-state index < -0.39 is 6.04 Å². The van der Waals surface area contributed by atoms with Crippen molar-refractivity contribution >= 4 is 28.4 Å². The Morgan fingerprint density at radius 2 is 1.82 bits per heavy atom. The Labute approximate surface area is 227 Å². The van der Waals surface area contributed by atoms with E-state index in [0.29, 0.717) is 36.0 Å². The normalized spacial score (nSPS) is 16.0. The molecular weight excluding hydrogens is 492 g/mol. The largest absolute Gasteiger partial charge is 0.486 e. The molecule has 2 aliphatic rings. The molecule has 8 nitrogen and oxygen atoms in total. The van der Waals surface area contributed by atoms with Crippen molar-refractivity contribution < 1.29 is 19.1 Å². The predicted octanol–water partition coefficient (Wildman–Crippen LogP) is 5.10. The summed E-state index contributed by atoms with van der Waals surface area (Å²) in [6.07, 6.45) is 10.6. The number of rotatable bonds is 7. The van der Waals surface area contributed by atoms with Crippen LogP contribution in [0, 0.1) is 0 Å². The van der Waals surface area contributed by atoms with Gasteiger partial charge in [-0.1, -0.05) is 43.5 Å². The number of nitrogens with zero attached hydrogens (tertiary/aromatic N) is 2. The molecule has 1 fully saturated rings. The maximum Gasteiger partial charge on any atom is 0.248 e. The summed E-state index contributed by atoms with van der Waals surface area (Å²) in [5.74, 6) is 0.765. The SMILES string of the molecule is O=C(NC1CCCCC1)[C@@H](c1cccnc1)N(C(=O)Cc1c[nH]c2ccccc12)c1ccc2c(c1)OCCO2. The lowest BCUT2D eigenvalue weighted by atomic mass is 9.94. The molecule has 0 saturated heterocycles. The van der Waals surface area contributed by atoms with Crippen molar-refractivity contribution in [1.82, 2.24) is 15.3 Å². The molecule has 1 aliphatic carbocycles. The predicted molar refractivity (Wildman–Crippen MR) is 149 cm³/mol. The van der Waals surface area contributed by atoms with Gasteiger partial charge in [0.05, 0.1) is 6.42 Å². The highest BCUT2D eigenvalue weighted by Gasteiger charge is 2.35. The van der Waals surface area contributed by atoms with Crippen LogP contribution in [-0.2, 0) is 16.0 Å². The fraction of sp³-hybridized carbons (Fsp3) is 0.323. The van der Waals surface area contributed by atoms with Gasteiger partial charge in [0.15, 0.2) is 11.5 Å². The Morgan fingerprint density at radius 1 is 1.00 bits per heavy atom. The summed E-state index contributed by atoms with van der Waals surface area (Å²) in [6, 6.07) is 16.1. The molecule has 1 saturated carbocycles. The second kappa shape index (κ2) is 11.2. The number of ether oxygens (including phenoxy) is 2. The van der Waals surface area contributed by atoms with Gasteiger partial charge in [-0.2, -0.15) is 0 Å². The maximum atomic E-state index is 14.3. The van der Waals surface area contributed by atoms with Gasteiger partial charge in [-0.3, -0.25) is 19.5 Å². The van der Waals surface area contributed by atoms with Crippen LogP contribution in [0.3, 0.4) is 0 Å². The molecule has 6 rings (SSSR count). The number of benzene rings is 2. The van der Waals surface area contributed by atoms with Crippen LogP contribution in [0.4, 0.5) is 5.69 Å². The number of para-hydroxylation sites is 1. The second-order valence-electron chi connectivity index (χ2n) is 10.2. The summed E-state index contributed by atoms with van der Waals surface area (Å²) in [6.45, 7) is 0.894. The summed E-state index contributed by atoms with van der Waals surface area (Å²) in [5.41, 5.74) is 3.05. The van der Waals surface area contributed by atoms with Gasteiger partial charge in [0.25, 0.3) is 0 Å². The first-order chi connectivity index (χ1) is 19.2. The molecule has 3 heterocycles. The number of nitrogens with one attached hydrogen (secondary N) is 2. The zero-order valence-corrected chi connectivity index (χ0v) is 21.8. The van der Waals surface area contributed by atoms with E-state index in [0.717, 1.165) is 42.1 Å². The average molecular weight is 525 g/mol. The number of anilines is 1. The Hall–Kier alpha value is -4.33. The summed E-state index contributed by atoms with van der Waals surface area (Å²) >= 11 is 0. The summed E-state index contributed by atoms with van der Waals surface area (Å²) < 4.78 is 11.6. The van der Waals surface area contributed by atoms with Gasteiger partial charge in [-0.25, -0.2) is 0 Å². The van der Waals surface area contributed by atoms with Crippen LogP contribution in [0.5, 0.6) is 11.5 Å². The highest BCUT2D eigenvalue weighted by molar-refractivity contribution is 6.03. The van der Waals surface area contributed by atoms with E-state index in [2.05, 4.69) is 15.3 Å². The van der Waals surface area contributed by atoms with Gasteiger partial charge in [0, 0.05) is 52.9 Å². The Balaban J connectivity index is 1.41. The molecule has 2 amide bonds. The number of amides is 2. The number of hydrogen-bond acceptors (Lipinski definition) is 5. The lowest BCUT2D eigenvalue weighted by Crippen LogP contribution is -2.47. The molecule has 0 bridgehead atoms. The molecule has 0 spiro atoms. The number of aromatic amines is 1. The third-order valence-corrected chi connectivity index (χ3v) is 7.55. The van der Waals surface area contributed by atoms with Crippen LogP contribution in [0.2, 0.25) is 0 Å². The van der Waals surface area contributed by atoms with Crippen molar-refractivity contribution in [2.75, 3.05) is 18.1 Å². The Bertz CT molecular complexity index is 1460. The van der Waals surface area contributed by atoms with Crippen LogP contribution in [0.1, 0.15) is 49.3 Å². The molecular formula is C31H32N4O4. The number of carbonyl (C=O) groups excluding carboxylic acids is 2. The van der Waals surface area contributed by atoms with Crippen molar-refractivity contribution in [2.24, 2.45) is 0 Å². The maximum absolute atomic E-state index is 14.3. The smallest absolute Gasteiger partial charge is 0.248 e.